The maximum atomic E-state index is 11.3. The Morgan fingerprint density at radius 2 is 2.00 bits per heavy atom. The zero-order valence-corrected chi connectivity index (χ0v) is 19.1. The largest absolute Gasteiger partial charge is 0.469 e. The van der Waals surface area contributed by atoms with Crippen molar-refractivity contribution in [3.63, 3.8) is 0 Å². The van der Waals surface area contributed by atoms with E-state index in [-0.39, 0.29) is 34.9 Å². The summed E-state index contributed by atoms with van der Waals surface area (Å²) >= 11 is 0. The van der Waals surface area contributed by atoms with Crippen LogP contribution in [0.15, 0.2) is 57.0 Å². The van der Waals surface area contributed by atoms with Gasteiger partial charge in [0.2, 0.25) is 10.0 Å². The Bertz CT molecular complexity index is 824. The van der Waals surface area contributed by atoms with Gasteiger partial charge < -0.3 is 19.8 Å². The van der Waals surface area contributed by atoms with Crippen LogP contribution in [0.5, 0.6) is 0 Å². The molecule has 0 saturated heterocycles. The molecule has 2 aromatic rings. The quantitative estimate of drug-likeness (QED) is 0.263. The van der Waals surface area contributed by atoms with E-state index >= 15 is 0 Å². The molecule has 0 amide bonds. The number of aliphatic imine (C=N–C) groups is 1. The molecule has 156 valence electrons. The summed E-state index contributed by atoms with van der Waals surface area (Å²) in [6.07, 6.45) is 2.38. The van der Waals surface area contributed by atoms with Crippen molar-refractivity contribution in [3.8, 4) is 0 Å². The van der Waals surface area contributed by atoms with Crippen LogP contribution in [0.4, 0.5) is 0 Å². The van der Waals surface area contributed by atoms with Gasteiger partial charge >= 0.3 is 0 Å². The predicted molar refractivity (Wildman–Crippen MR) is 119 cm³/mol. The number of hydrogen-bond acceptors (Lipinski definition) is 5. The van der Waals surface area contributed by atoms with Gasteiger partial charge in [-0.2, -0.15) is 0 Å². The van der Waals surface area contributed by atoms with E-state index in [1.165, 1.54) is 12.1 Å². The molecule has 1 unspecified atom stereocenters. The third kappa shape index (κ3) is 8.59. The average molecular weight is 522 g/mol. The highest BCUT2D eigenvalue weighted by Crippen LogP contribution is 2.09. The number of sulfonamides is 1. The number of nitrogens with zero attached hydrogens (tertiary/aromatic N) is 1. The topological polar surface area (TPSA) is 119 Å². The molecule has 0 bridgehead atoms. The van der Waals surface area contributed by atoms with Crippen molar-refractivity contribution >= 4 is 40.0 Å². The predicted octanol–water partition coefficient (Wildman–Crippen LogP) is 1.86. The summed E-state index contributed by atoms with van der Waals surface area (Å²) < 4.78 is 33.1. The van der Waals surface area contributed by atoms with Gasteiger partial charge in [0.1, 0.15) is 5.76 Å². The van der Waals surface area contributed by atoms with E-state index in [0.717, 1.165) is 17.7 Å². The number of rotatable bonds is 9. The van der Waals surface area contributed by atoms with Crippen molar-refractivity contribution in [1.29, 1.82) is 0 Å². The standard InChI is InChI=1S/C18H26N4O4S.HI/c1-14(13-25-2)22-18(20-10-9-16-4-3-11-26-16)21-12-15-5-7-17(8-6-15)27(19,23)24;/h3-8,11,14H,9-10,12-13H2,1-2H3,(H2,19,23,24)(H2,20,21,22);1H. The Balaban J connectivity index is 0.00000392. The number of primary sulfonamides is 1. The molecule has 8 nitrogen and oxygen atoms in total. The molecule has 0 spiro atoms. The first-order valence-corrected chi connectivity index (χ1v) is 10.1. The fraction of sp³-hybridized carbons (Fsp3) is 0.389. The minimum absolute atomic E-state index is 0. The number of nitrogens with two attached hydrogens (primary N) is 1. The summed E-state index contributed by atoms with van der Waals surface area (Å²) in [5, 5.41) is 11.6. The Kier molecular flexibility index (Phi) is 10.5. The van der Waals surface area contributed by atoms with Crippen molar-refractivity contribution < 1.29 is 17.6 Å². The molecule has 1 heterocycles. The number of benzene rings is 1. The molecule has 4 N–H and O–H groups in total. The average Bonchev–Trinajstić information content (AvgIpc) is 3.13. The summed E-state index contributed by atoms with van der Waals surface area (Å²) in [6.45, 7) is 3.58. The van der Waals surface area contributed by atoms with Crippen molar-refractivity contribution in [2.45, 2.75) is 30.8 Å². The van der Waals surface area contributed by atoms with Gasteiger partial charge in [-0.25, -0.2) is 18.5 Å². The zero-order chi connectivity index (χ0) is 19.7. The van der Waals surface area contributed by atoms with Crippen LogP contribution in [0, 0.1) is 0 Å². The van der Waals surface area contributed by atoms with Crippen LogP contribution in [0.1, 0.15) is 18.2 Å². The number of halogens is 1. The first-order chi connectivity index (χ1) is 12.9. The Hall–Kier alpha value is -1.63. The van der Waals surface area contributed by atoms with Crippen LogP contribution in [-0.4, -0.2) is 40.7 Å². The number of ether oxygens (including phenoxy) is 1. The van der Waals surface area contributed by atoms with Crippen LogP contribution in [-0.2, 0) is 27.7 Å². The Labute approximate surface area is 183 Å². The Morgan fingerprint density at radius 1 is 1.29 bits per heavy atom. The third-order valence-electron chi connectivity index (χ3n) is 3.72. The molecule has 1 aromatic carbocycles. The number of guanidine groups is 1. The van der Waals surface area contributed by atoms with Crippen LogP contribution >= 0.6 is 24.0 Å². The molecule has 0 radical (unpaired) electrons. The minimum atomic E-state index is -3.69. The smallest absolute Gasteiger partial charge is 0.238 e. The summed E-state index contributed by atoms with van der Waals surface area (Å²) in [5.74, 6) is 1.53. The van der Waals surface area contributed by atoms with Gasteiger partial charge in [0, 0.05) is 26.1 Å². The van der Waals surface area contributed by atoms with E-state index < -0.39 is 10.0 Å². The molecular formula is C18H27IN4O4S. The maximum Gasteiger partial charge on any atom is 0.238 e. The van der Waals surface area contributed by atoms with Gasteiger partial charge in [-0.3, -0.25) is 0 Å². The normalized spacial score (nSPS) is 12.9. The van der Waals surface area contributed by atoms with Gasteiger partial charge in [0.05, 0.1) is 24.3 Å². The molecule has 0 aliphatic carbocycles. The highest BCUT2D eigenvalue weighted by atomic mass is 127. The third-order valence-corrected chi connectivity index (χ3v) is 4.64. The molecule has 0 saturated carbocycles. The minimum Gasteiger partial charge on any atom is -0.469 e. The lowest BCUT2D eigenvalue weighted by Crippen LogP contribution is -2.44. The fourth-order valence-corrected chi connectivity index (χ4v) is 2.91. The Morgan fingerprint density at radius 3 is 2.57 bits per heavy atom. The summed E-state index contributed by atoms with van der Waals surface area (Å²) in [4.78, 5) is 4.64. The summed E-state index contributed by atoms with van der Waals surface area (Å²) in [6, 6.07) is 10.2. The molecule has 28 heavy (non-hydrogen) atoms. The molecule has 0 aliphatic heterocycles. The van der Waals surface area contributed by atoms with Gasteiger partial charge in [-0.1, -0.05) is 12.1 Å². The highest BCUT2D eigenvalue weighted by molar-refractivity contribution is 14.0. The number of furan rings is 1. The number of hydrogen-bond donors (Lipinski definition) is 3. The van der Waals surface area contributed by atoms with Crippen molar-refractivity contribution in [3.05, 3.63) is 54.0 Å². The van der Waals surface area contributed by atoms with Gasteiger partial charge in [0.15, 0.2) is 5.96 Å². The van der Waals surface area contributed by atoms with E-state index in [1.54, 1.807) is 25.5 Å². The van der Waals surface area contributed by atoms with Crippen molar-refractivity contribution in [1.82, 2.24) is 10.6 Å². The second-order valence-corrected chi connectivity index (χ2v) is 7.67. The molecule has 1 aromatic heterocycles. The van der Waals surface area contributed by atoms with Crippen LogP contribution in [0.25, 0.3) is 0 Å². The molecule has 1 atom stereocenters. The van der Waals surface area contributed by atoms with E-state index in [4.69, 9.17) is 14.3 Å². The zero-order valence-electron chi connectivity index (χ0n) is 15.9. The van der Waals surface area contributed by atoms with Crippen molar-refractivity contribution in [2.75, 3.05) is 20.3 Å². The molecule has 2 rings (SSSR count). The van der Waals surface area contributed by atoms with E-state index in [9.17, 15) is 8.42 Å². The molecule has 0 fully saturated rings. The lowest BCUT2D eigenvalue weighted by atomic mass is 10.2. The van der Waals surface area contributed by atoms with Crippen LogP contribution in [0.2, 0.25) is 0 Å². The van der Waals surface area contributed by atoms with E-state index in [0.29, 0.717) is 25.7 Å². The lowest BCUT2D eigenvalue weighted by molar-refractivity contribution is 0.179. The van der Waals surface area contributed by atoms with Crippen molar-refractivity contribution in [2.24, 2.45) is 10.1 Å². The number of methoxy groups -OCH3 is 1. The van der Waals surface area contributed by atoms with E-state index in [2.05, 4.69) is 15.6 Å². The van der Waals surface area contributed by atoms with E-state index in [1.807, 2.05) is 19.1 Å². The molecule has 0 aliphatic rings. The monoisotopic (exact) mass is 522 g/mol. The maximum absolute atomic E-state index is 11.3. The lowest BCUT2D eigenvalue weighted by Gasteiger charge is -2.17. The fourth-order valence-electron chi connectivity index (χ4n) is 2.39. The van der Waals surface area contributed by atoms with Gasteiger partial charge in [-0.05, 0) is 36.8 Å². The summed E-state index contributed by atoms with van der Waals surface area (Å²) in [5.41, 5.74) is 0.869. The van der Waals surface area contributed by atoms with Crippen LogP contribution in [0.3, 0.4) is 0 Å². The van der Waals surface area contributed by atoms with Gasteiger partial charge in [0.25, 0.3) is 0 Å². The summed E-state index contributed by atoms with van der Waals surface area (Å²) in [7, 11) is -2.04. The van der Waals surface area contributed by atoms with Crippen LogP contribution < -0.4 is 15.8 Å². The number of nitrogens with one attached hydrogen (secondary N) is 2. The molecule has 10 heteroatoms. The second-order valence-electron chi connectivity index (χ2n) is 6.11. The first kappa shape index (κ1) is 24.4. The van der Waals surface area contributed by atoms with Gasteiger partial charge in [-0.15, -0.1) is 24.0 Å². The SMILES string of the molecule is COCC(C)NC(=NCc1ccc(S(N)(=O)=O)cc1)NCCc1ccco1.I. The second kappa shape index (κ2) is 12.0. The molecular weight excluding hydrogens is 495 g/mol. The first-order valence-electron chi connectivity index (χ1n) is 8.56. The highest BCUT2D eigenvalue weighted by Gasteiger charge is 2.08.